The van der Waals surface area contributed by atoms with Gasteiger partial charge in [-0.25, -0.2) is 0 Å². The van der Waals surface area contributed by atoms with E-state index in [9.17, 15) is 0 Å². The zero-order chi connectivity index (χ0) is 12.6. The van der Waals surface area contributed by atoms with Gasteiger partial charge in [0, 0.05) is 4.48 Å². The lowest BCUT2D eigenvalue weighted by Gasteiger charge is -2.12. The van der Waals surface area contributed by atoms with Crippen LogP contribution < -0.4 is 0 Å². The normalized spacial score (nSPS) is 15.4. The Morgan fingerprint density at radius 2 is 1.94 bits per heavy atom. The van der Waals surface area contributed by atoms with Gasteiger partial charge >= 0.3 is 0 Å². The maximum Gasteiger partial charge on any atom is 0.0175 e. The Kier molecular flexibility index (Phi) is 7.92. The van der Waals surface area contributed by atoms with Crippen molar-refractivity contribution in [2.24, 2.45) is 0 Å². The van der Waals surface area contributed by atoms with E-state index in [1.165, 1.54) is 11.1 Å². The summed E-state index contributed by atoms with van der Waals surface area (Å²) in [5.74, 6) is 0. The predicted molar refractivity (Wildman–Crippen MR) is 78.8 cm³/mol. The molecule has 88 valence electrons. The Morgan fingerprint density at radius 1 is 1.31 bits per heavy atom. The fourth-order valence-corrected chi connectivity index (χ4v) is 1.60. The topological polar surface area (TPSA) is 0 Å². The molecule has 0 spiro atoms. The highest BCUT2D eigenvalue weighted by molar-refractivity contribution is 9.11. The summed E-state index contributed by atoms with van der Waals surface area (Å²) >= 11 is 3.40. The maximum atomic E-state index is 4.04. The van der Waals surface area contributed by atoms with Crippen molar-refractivity contribution in [2.45, 2.75) is 33.6 Å². The molecule has 0 aliphatic heterocycles. The van der Waals surface area contributed by atoms with Crippen LogP contribution in [0.3, 0.4) is 0 Å². The number of halogens is 1. The van der Waals surface area contributed by atoms with Crippen molar-refractivity contribution < 1.29 is 0 Å². The fourth-order valence-electron chi connectivity index (χ4n) is 1.33. The Morgan fingerprint density at radius 3 is 2.38 bits per heavy atom. The zero-order valence-electron chi connectivity index (χ0n) is 10.5. The molecule has 16 heavy (non-hydrogen) atoms. The average molecular weight is 281 g/mol. The maximum absolute atomic E-state index is 4.04. The summed E-state index contributed by atoms with van der Waals surface area (Å²) in [5.41, 5.74) is 3.82. The second kappa shape index (κ2) is 8.35. The average Bonchev–Trinajstić information content (AvgIpc) is 2.32. The zero-order valence-corrected chi connectivity index (χ0v) is 12.1. The molecule has 0 saturated heterocycles. The van der Waals surface area contributed by atoms with E-state index in [4.69, 9.17) is 0 Å². The van der Waals surface area contributed by atoms with E-state index in [-0.39, 0.29) is 0 Å². The molecule has 0 nitrogen and oxygen atoms in total. The van der Waals surface area contributed by atoms with Crippen molar-refractivity contribution in [3.8, 4) is 0 Å². The van der Waals surface area contributed by atoms with Crippen LogP contribution in [0, 0.1) is 0 Å². The molecule has 0 unspecified atom stereocenters. The predicted octanol–water partition coefficient (Wildman–Crippen LogP) is 5.70. The molecule has 0 aromatic carbocycles. The molecule has 0 aromatic rings. The van der Waals surface area contributed by atoms with Crippen LogP contribution in [-0.4, -0.2) is 0 Å². The van der Waals surface area contributed by atoms with Crippen LogP contribution in [0.25, 0.3) is 0 Å². The van der Waals surface area contributed by atoms with Gasteiger partial charge in [0.15, 0.2) is 0 Å². The van der Waals surface area contributed by atoms with Crippen molar-refractivity contribution in [3.05, 3.63) is 58.7 Å². The molecular formula is C15H21Br. The van der Waals surface area contributed by atoms with Gasteiger partial charge in [-0.05, 0) is 37.0 Å². The van der Waals surface area contributed by atoms with Crippen LogP contribution in [0.1, 0.15) is 33.6 Å². The summed E-state index contributed by atoms with van der Waals surface area (Å²) in [7, 11) is 0. The Labute approximate surface area is 108 Å². The smallest absolute Gasteiger partial charge is 0.0175 e. The van der Waals surface area contributed by atoms with E-state index in [1.807, 2.05) is 19.9 Å². The third-order valence-electron chi connectivity index (χ3n) is 2.28. The SMILES string of the molecule is C=C/C(Br)=C\C(=C)C1=CC=C(C)CC1.CC. The number of rotatable bonds is 3. The molecule has 1 rings (SSSR count). The van der Waals surface area contributed by atoms with Crippen LogP contribution in [0.15, 0.2) is 58.7 Å². The van der Waals surface area contributed by atoms with E-state index in [0.717, 1.165) is 22.9 Å². The standard InChI is InChI=1S/C13H15Br.C2H6/c1-4-13(14)9-11(3)12-7-5-10(2)6-8-12;1-2/h4-5,7,9H,1,3,6,8H2,2H3;1-2H3/b13-9+;. The number of allylic oxidation sites excluding steroid dienone is 8. The summed E-state index contributed by atoms with van der Waals surface area (Å²) in [6.45, 7) is 13.9. The molecule has 0 radical (unpaired) electrons. The first-order valence-corrected chi connectivity index (χ1v) is 6.48. The number of hydrogen-bond acceptors (Lipinski definition) is 0. The van der Waals surface area contributed by atoms with Gasteiger partial charge in [0.05, 0.1) is 0 Å². The molecule has 1 aliphatic carbocycles. The van der Waals surface area contributed by atoms with E-state index < -0.39 is 0 Å². The van der Waals surface area contributed by atoms with E-state index in [2.05, 4.69) is 48.2 Å². The first-order chi connectivity index (χ1) is 7.63. The molecule has 0 bridgehead atoms. The molecule has 0 aromatic heterocycles. The first-order valence-electron chi connectivity index (χ1n) is 5.68. The van der Waals surface area contributed by atoms with E-state index in [0.29, 0.717) is 0 Å². The molecule has 1 heteroatoms. The minimum Gasteiger partial charge on any atom is -0.0979 e. The molecule has 0 atom stereocenters. The minimum absolute atomic E-state index is 0.981. The van der Waals surface area contributed by atoms with Gasteiger partial charge in [-0.1, -0.05) is 66.7 Å². The summed E-state index contributed by atoms with van der Waals surface area (Å²) in [5, 5.41) is 0. The van der Waals surface area contributed by atoms with Gasteiger partial charge < -0.3 is 0 Å². The Balaban J connectivity index is 0.00000106. The quantitative estimate of drug-likeness (QED) is 0.582. The summed E-state index contributed by atoms with van der Waals surface area (Å²) in [6, 6.07) is 0. The lowest BCUT2D eigenvalue weighted by Crippen LogP contribution is -1.92. The summed E-state index contributed by atoms with van der Waals surface area (Å²) in [4.78, 5) is 0. The van der Waals surface area contributed by atoms with Crippen LogP contribution in [-0.2, 0) is 0 Å². The fraction of sp³-hybridized carbons (Fsp3) is 0.333. The monoisotopic (exact) mass is 280 g/mol. The van der Waals surface area contributed by atoms with Gasteiger partial charge in [0.1, 0.15) is 0 Å². The highest BCUT2D eigenvalue weighted by Crippen LogP contribution is 2.25. The highest BCUT2D eigenvalue weighted by Gasteiger charge is 2.04. The number of hydrogen-bond donors (Lipinski definition) is 0. The lowest BCUT2D eigenvalue weighted by molar-refractivity contribution is 0.919. The van der Waals surface area contributed by atoms with Crippen LogP contribution in [0.4, 0.5) is 0 Å². The molecule has 0 N–H and O–H groups in total. The summed E-state index contributed by atoms with van der Waals surface area (Å²) in [6.07, 6.45) is 10.3. The molecular weight excluding hydrogens is 260 g/mol. The Hall–Kier alpha value is -0.820. The molecule has 0 fully saturated rings. The van der Waals surface area contributed by atoms with Gasteiger partial charge in [-0.2, -0.15) is 0 Å². The highest BCUT2D eigenvalue weighted by atomic mass is 79.9. The molecule has 0 amide bonds. The van der Waals surface area contributed by atoms with Crippen LogP contribution >= 0.6 is 15.9 Å². The van der Waals surface area contributed by atoms with Crippen molar-refractivity contribution >= 4 is 15.9 Å². The van der Waals surface area contributed by atoms with Gasteiger partial charge in [0.25, 0.3) is 0 Å². The molecule has 0 heterocycles. The largest absolute Gasteiger partial charge is 0.0979 e. The molecule has 0 saturated carbocycles. The van der Waals surface area contributed by atoms with E-state index in [1.54, 1.807) is 6.08 Å². The van der Waals surface area contributed by atoms with Crippen molar-refractivity contribution in [1.29, 1.82) is 0 Å². The third kappa shape index (κ3) is 5.32. The van der Waals surface area contributed by atoms with Crippen molar-refractivity contribution in [2.75, 3.05) is 0 Å². The van der Waals surface area contributed by atoms with Gasteiger partial charge in [0.2, 0.25) is 0 Å². The van der Waals surface area contributed by atoms with Gasteiger partial charge in [-0.3, -0.25) is 0 Å². The van der Waals surface area contributed by atoms with E-state index >= 15 is 0 Å². The minimum atomic E-state index is 0.981. The van der Waals surface area contributed by atoms with Gasteiger partial charge in [-0.15, -0.1) is 0 Å². The molecule has 1 aliphatic rings. The third-order valence-corrected chi connectivity index (χ3v) is 2.83. The lowest BCUT2D eigenvalue weighted by atomic mass is 9.94. The Bertz CT molecular complexity index is 340. The second-order valence-corrected chi connectivity index (χ2v) is 4.38. The first kappa shape index (κ1) is 15.2. The van der Waals surface area contributed by atoms with Crippen molar-refractivity contribution in [1.82, 2.24) is 0 Å². The van der Waals surface area contributed by atoms with Crippen LogP contribution in [0.5, 0.6) is 0 Å². The van der Waals surface area contributed by atoms with Crippen molar-refractivity contribution in [3.63, 3.8) is 0 Å². The summed E-state index contributed by atoms with van der Waals surface area (Å²) < 4.78 is 0.981. The van der Waals surface area contributed by atoms with Crippen LogP contribution in [0.2, 0.25) is 0 Å². The second-order valence-electron chi connectivity index (χ2n) is 3.46.